The molecule has 0 aromatic heterocycles. The lowest BCUT2D eigenvalue weighted by Gasteiger charge is -2.20. The van der Waals surface area contributed by atoms with E-state index in [1.165, 1.54) is 0 Å². The minimum Gasteiger partial charge on any atom is -0.378 e. The van der Waals surface area contributed by atoms with Gasteiger partial charge in [0.1, 0.15) is 5.25 Å². The fraction of sp³-hybridized carbons (Fsp3) is 0.381. The highest BCUT2D eigenvalue weighted by Gasteiger charge is 2.29. The summed E-state index contributed by atoms with van der Waals surface area (Å²) in [4.78, 5) is 14.1. The summed E-state index contributed by atoms with van der Waals surface area (Å²) in [6.45, 7) is 3.88. The van der Waals surface area contributed by atoms with E-state index >= 15 is 0 Å². The minimum atomic E-state index is -3.64. The zero-order chi connectivity index (χ0) is 20.0. The zero-order valence-electron chi connectivity index (χ0n) is 16.4. The molecule has 1 N–H and O–H groups in total. The molecule has 2 rings (SSSR count). The highest BCUT2D eigenvalue weighted by atomic mass is 32.2. The predicted molar refractivity (Wildman–Crippen MR) is 110 cm³/mol. The van der Waals surface area contributed by atoms with E-state index in [-0.39, 0.29) is 17.3 Å². The van der Waals surface area contributed by atoms with E-state index in [0.717, 1.165) is 17.7 Å². The topological polar surface area (TPSA) is 66.5 Å². The van der Waals surface area contributed by atoms with Crippen LogP contribution < -0.4 is 10.2 Å². The molecular weight excluding hydrogens is 360 g/mol. The van der Waals surface area contributed by atoms with Crippen molar-refractivity contribution in [3.8, 4) is 0 Å². The van der Waals surface area contributed by atoms with Crippen LogP contribution in [0.5, 0.6) is 0 Å². The van der Waals surface area contributed by atoms with Crippen LogP contribution in [-0.2, 0) is 14.6 Å². The van der Waals surface area contributed by atoms with Gasteiger partial charge >= 0.3 is 0 Å². The van der Waals surface area contributed by atoms with Crippen LogP contribution in [0.1, 0.15) is 36.1 Å². The number of amides is 1. The standard InChI is InChI=1S/C21H28N2O3S/c1-5-6-21(24)22-15-20(17-9-11-18(12-10-17)23(3)4)27(25,26)19-13-7-16(2)8-14-19/h7-14,20H,5-6,15H2,1-4H3,(H,22,24)/t20-/m0/s1. The monoisotopic (exact) mass is 388 g/mol. The van der Waals surface area contributed by atoms with Gasteiger partial charge in [0.2, 0.25) is 5.91 Å². The molecule has 1 amide bonds. The van der Waals surface area contributed by atoms with Gasteiger partial charge in [0.25, 0.3) is 0 Å². The Bertz CT molecular complexity index is 857. The molecule has 0 saturated carbocycles. The van der Waals surface area contributed by atoms with Gasteiger partial charge in [-0.05, 0) is 43.2 Å². The molecule has 6 heteroatoms. The van der Waals surface area contributed by atoms with Gasteiger partial charge in [-0.25, -0.2) is 8.42 Å². The maximum atomic E-state index is 13.3. The SMILES string of the molecule is CCCC(=O)NC[C@@H](c1ccc(N(C)C)cc1)S(=O)(=O)c1ccc(C)cc1. The van der Waals surface area contributed by atoms with Crippen molar-refractivity contribution in [2.45, 2.75) is 36.8 Å². The van der Waals surface area contributed by atoms with E-state index < -0.39 is 15.1 Å². The summed E-state index contributed by atoms with van der Waals surface area (Å²) in [7, 11) is 0.219. The second kappa shape index (κ2) is 9.04. The normalized spacial score (nSPS) is 12.4. The zero-order valence-corrected chi connectivity index (χ0v) is 17.2. The van der Waals surface area contributed by atoms with Crippen LogP contribution in [0.25, 0.3) is 0 Å². The van der Waals surface area contributed by atoms with Gasteiger partial charge in [-0.3, -0.25) is 4.79 Å². The van der Waals surface area contributed by atoms with Crippen molar-refractivity contribution in [1.82, 2.24) is 5.32 Å². The molecule has 0 aliphatic carbocycles. The smallest absolute Gasteiger partial charge is 0.220 e. The number of benzene rings is 2. The number of hydrogen-bond donors (Lipinski definition) is 1. The van der Waals surface area contributed by atoms with Crippen molar-refractivity contribution in [3.63, 3.8) is 0 Å². The van der Waals surface area contributed by atoms with E-state index in [4.69, 9.17) is 0 Å². The van der Waals surface area contributed by atoms with Gasteiger partial charge in [0.15, 0.2) is 9.84 Å². The number of sulfone groups is 1. The maximum Gasteiger partial charge on any atom is 0.220 e. The number of aryl methyl sites for hydroxylation is 1. The largest absolute Gasteiger partial charge is 0.378 e. The molecule has 27 heavy (non-hydrogen) atoms. The summed E-state index contributed by atoms with van der Waals surface area (Å²) < 4.78 is 26.5. The van der Waals surface area contributed by atoms with Gasteiger partial charge in [-0.15, -0.1) is 0 Å². The molecule has 146 valence electrons. The summed E-state index contributed by atoms with van der Waals surface area (Å²) in [6, 6.07) is 14.2. The van der Waals surface area contributed by atoms with Gasteiger partial charge in [-0.1, -0.05) is 36.8 Å². The lowest BCUT2D eigenvalue weighted by molar-refractivity contribution is -0.121. The molecule has 2 aromatic carbocycles. The Morgan fingerprint density at radius 1 is 1.04 bits per heavy atom. The Hall–Kier alpha value is -2.34. The van der Waals surface area contributed by atoms with Crippen molar-refractivity contribution in [2.24, 2.45) is 0 Å². The van der Waals surface area contributed by atoms with Crippen molar-refractivity contribution in [1.29, 1.82) is 0 Å². The lowest BCUT2D eigenvalue weighted by atomic mass is 10.1. The maximum absolute atomic E-state index is 13.3. The molecule has 0 aliphatic heterocycles. The fourth-order valence-corrected chi connectivity index (χ4v) is 4.47. The summed E-state index contributed by atoms with van der Waals surface area (Å²) >= 11 is 0. The summed E-state index contributed by atoms with van der Waals surface area (Å²) in [5.74, 6) is -0.133. The molecule has 0 spiro atoms. The first-order valence-electron chi connectivity index (χ1n) is 9.10. The van der Waals surface area contributed by atoms with Crippen LogP contribution in [-0.4, -0.2) is 35.0 Å². The summed E-state index contributed by atoms with van der Waals surface area (Å²) in [5, 5.41) is 1.94. The molecule has 0 aliphatic rings. The first kappa shape index (κ1) is 21.0. The van der Waals surface area contributed by atoms with Gasteiger partial charge in [-0.2, -0.15) is 0 Å². The third-order valence-electron chi connectivity index (χ3n) is 4.47. The molecule has 5 nitrogen and oxygen atoms in total. The predicted octanol–water partition coefficient (Wildman–Crippen LogP) is 3.49. The second-order valence-corrected chi connectivity index (χ2v) is 9.02. The highest BCUT2D eigenvalue weighted by Crippen LogP contribution is 2.30. The van der Waals surface area contributed by atoms with Crippen LogP contribution in [0.15, 0.2) is 53.4 Å². The Balaban J connectivity index is 2.39. The van der Waals surface area contributed by atoms with Crippen molar-refractivity contribution < 1.29 is 13.2 Å². The van der Waals surface area contributed by atoms with Crippen LogP contribution in [0.2, 0.25) is 0 Å². The van der Waals surface area contributed by atoms with Gasteiger partial charge in [0, 0.05) is 32.7 Å². The van der Waals surface area contributed by atoms with Crippen LogP contribution in [0, 0.1) is 6.92 Å². The van der Waals surface area contributed by atoms with E-state index in [2.05, 4.69) is 5.32 Å². The van der Waals surface area contributed by atoms with Crippen molar-refractivity contribution in [3.05, 3.63) is 59.7 Å². The van der Waals surface area contributed by atoms with E-state index in [1.807, 2.05) is 57.1 Å². The minimum absolute atomic E-state index is 0.0519. The average Bonchev–Trinajstić information content (AvgIpc) is 2.62. The molecule has 0 saturated heterocycles. The summed E-state index contributed by atoms with van der Waals surface area (Å²) in [5.41, 5.74) is 2.65. The molecule has 0 bridgehead atoms. The lowest BCUT2D eigenvalue weighted by Crippen LogP contribution is -2.31. The van der Waals surface area contributed by atoms with E-state index in [0.29, 0.717) is 12.0 Å². The molecular formula is C21H28N2O3S. The van der Waals surface area contributed by atoms with Gasteiger partial charge < -0.3 is 10.2 Å². The number of nitrogens with zero attached hydrogens (tertiary/aromatic N) is 1. The van der Waals surface area contributed by atoms with Crippen LogP contribution in [0.3, 0.4) is 0 Å². The number of nitrogens with one attached hydrogen (secondary N) is 1. The Morgan fingerprint density at radius 2 is 1.63 bits per heavy atom. The molecule has 1 atom stereocenters. The first-order chi connectivity index (χ1) is 12.8. The number of carbonyl (C=O) groups is 1. The average molecular weight is 389 g/mol. The first-order valence-corrected chi connectivity index (χ1v) is 10.6. The number of hydrogen-bond acceptors (Lipinski definition) is 4. The third kappa shape index (κ3) is 5.32. The quantitative estimate of drug-likeness (QED) is 0.752. The molecule has 0 unspecified atom stereocenters. The second-order valence-electron chi connectivity index (χ2n) is 6.89. The third-order valence-corrected chi connectivity index (χ3v) is 6.58. The summed E-state index contributed by atoms with van der Waals surface area (Å²) in [6.07, 6.45) is 1.11. The highest BCUT2D eigenvalue weighted by molar-refractivity contribution is 7.91. The number of rotatable bonds is 8. The number of anilines is 1. The molecule has 0 radical (unpaired) electrons. The molecule has 0 heterocycles. The Morgan fingerprint density at radius 3 is 2.15 bits per heavy atom. The van der Waals surface area contributed by atoms with E-state index in [9.17, 15) is 13.2 Å². The van der Waals surface area contributed by atoms with Crippen LogP contribution >= 0.6 is 0 Å². The fourth-order valence-electron chi connectivity index (χ4n) is 2.81. The van der Waals surface area contributed by atoms with Crippen molar-refractivity contribution in [2.75, 3.05) is 25.5 Å². The Labute approximate surface area is 162 Å². The molecule has 0 fully saturated rings. The van der Waals surface area contributed by atoms with E-state index in [1.54, 1.807) is 24.3 Å². The Kier molecular flexibility index (Phi) is 7.02. The number of carbonyl (C=O) groups excluding carboxylic acids is 1. The molecule has 2 aromatic rings. The van der Waals surface area contributed by atoms with Gasteiger partial charge in [0.05, 0.1) is 4.90 Å². The van der Waals surface area contributed by atoms with Crippen LogP contribution in [0.4, 0.5) is 5.69 Å². The van der Waals surface area contributed by atoms with Crippen molar-refractivity contribution >= 4 is 21.4 Å².